The summed E-state index contributed by atoms with van der Waals surface area (Å²) in [7, 11) is 0. The predicted molar refractivity (Wildman–Crippen MR) is 31.1 cm³/mol. The molecule has 0 rings (SSSR count). The molecule has 0 bridgehead atoms. The van der Waals surface area contributed by atoms with Crippen LogP contribution in [0.15, 0.2) is 12.2 Å². The van der Waals surface area contributed by atoms with Crippen LogP contribution in [-0.4, -0.2) is 16.4 Å². The van der Waals surface area contributed by atoms with Crippen molar-refractivity contribution < 1.29 is 15.0 Å². The van der Waals surface area contributed by atoms with Crippen molar-refractivity contribution in [2.24, 2.45) is 0 Å². The number of hydrogen-bond acceptors (Lipinski definition) is 2. The van der Waals surface area contributed by atoms with Crippen LogP contribution >= 0.6 is 0 Å². The molecule has 4 heteroatoms. The highest BCUT2D eigenvalue weighted by Gasteiger charge is 1.70. The number of allylic oxidation sites excluding steroid dienone is 1. The Labute approximate surface area is 52.7 Å². The molecular weight excluding hydrogens is 122 g/mol. The van der Waals surface area contributed by atoms with E-state index >= 15 is 0 Å². The Morgan fingerprint density at radius 2 is 1.78 bits per heavy atom. The average molecular weight is 129 g/mol. The molecule has 0 aromatic rings. The fourth-order valence-electron chi connectivity index (χ4n) is 0. The molecule has 0 heterocycles. The van der Waals surface area contributed by atoms with Crippen LogP contribution in [-0.2, 0) is 0 Å². The van der Waals surface area contributed by atoms with E-state index in [1.54, 1.807) is 6.92 Å². The van der Waals surface area contributed by atoms with Gasteiger partial charge in [-0.3, -0.25) is 0 Å². The lowest BCUT2D eigenvalue weighted by Crippen LogP contribution is -1.81. The second kappa shape index (κ2) is 6.50. The third kappa shape index (κ3) is 526. The molecule has 0 aromatic carbocycles. The molecule has 0 unspecified atom stereocenters. The van der Waals surface area contributed by atoms with E-state index in [1.165, 1.54) is 0 Å². The van der Waals surface area contributed by atoms with E-state index < -0.39 is 6.16 Å². The SMILES string of the molecule is C=C(C)C#N.O=C(O)O. The Bertz CT molecular complexity index is 141. The molecule has 0 atom stereocenters. The fraction of sp³-hybridized carbons (Fsp3) is 0.200. The molecule has 0 fully saturated rings. The summed E-state index contributed by atoms with van der Waals surface area (Å²) in [5, 5.41) is 21.7. The average Bonchev–Trinajstić information content (AvgIpc) is 1.65. The molecule has 0 amide bonds. The summed E-state index contributed by atoms with van der Waals surface area (Å²) in [5.74, 6) is 0. The molecule has 50 valence electrons. The van der Waals surface area contributed by atoms with Crippen molar-refractivity contribution in [2.75, 3.05) is 0 Å². The minimum Gasteiger partial charge on any atom is -0.450 e. The van der Waals surface area contributed by atoms with Gasteiger partial charge in [0.25, 0.3) is 0 Å². The van der Waals surface area contributed by atoms with Crippen LogP contribution in [0.3, 0.4) is 0 Å². The van der Waals surface area contributed by atoms with E-state index in [2.05, 4.69) is 6.58 Å². The molecule has 0 saturated heterocycles. The molecule has 0 saturated carbocycles. The van der Waals surface area contributed by atoms with Crippen molar-refractivity contribution in [1.29, 1.82) is 5.26 Å². The smallest absolute Gasteiger partial charge is 0.450 e. The van der Waals surface area contributed by atoms with Gasteiger partial charge in [0.15, 0.2) is 0 Å². The van der Waals surface area contributed by atoms with Gasteiger partial charge in [-0.15, -0.1) is 0 Å². The quantitative estimate of drug-likeness (QED) is 0.483. The highest BCUT2D eigenvalue weighted by Crippen LogP contribution is 1.74. The van der Waals surface area contributed by atoms with Gasteiger partial charge in [0, 0.05) is 5.57 Å². The van der Waals surface area contributed by atoms with Crippen LogP contribution in [0.25, 0.3) is 0 Å². The Kier molecular flexibility index (Phi) is 7.57. The van der Waals surface area contributed by atoms with Crippen LogP contribution in [0, 0.1) is 11.3 Å². The van der Waals surface area contributed by atoms with Gasteiger partial charge in [-0.1, -0.05) is 6.58 Å². The van der Waals surface area contributed by atoms with E-state index in [1.807, 2.05) is 6.07 Å². The normalized spacial score (nSPS) is 5.78. The highest BCUT2D eigenvalue weighted by atomic mass is 16.6. The van der Waals surface area contributed by atoms with Crippen LogP contribution in [0.4, 0.5) is 4.79 Å². The third-order valence-corrected chi connectivity index (χ3v) is 0.191. The number of carboxylic acid groups (broad SMARTS) is 2. The predicted octanol–water partition coefficient (Wildman–Crippen LogP) is 1.31. The second-order valence-electron chi connectivity index (χ2n) is 1.17. The largest absolute Gasteiger partial charge is 0.503 e. The fourth-order valence-corrected chi connectivity index (χ4v) is 0. The molecule has 2 N–H and O–H groups in total. The standard InChI is InChI=1S/C4H5N.CH2O3/c1-4(2)3-5;2-1(3)4/h1H2,2H3;(H2,2,3,4). The monoisotopic (exact) mass is 129 g/mol. The lowest BCUT2D eigenvalue weighted by Gasteiger charge is -1.61. The van der Waals surface area contributed by atoms with Crippen LogP contribution < -0.4 is 0 Å². The molecular formula is C5H7NO3. The summed E-state index contributed by atoms with van der Waals surface area (Å²) >= 11 is 0. The Morgan fingerprint density at radius 3 is 1.78 bits per heavy atom. The maximum atomic E-state index is 8.56. The van der Waals surface area contributed by atoms with Crippen molar-refractivity contribution in [3.05, 3.63) is 12.2 Å². The minimum absolute atomic E-state index is 0.560. The van der Waals surface area contributed by atoms with E-state index in [0.29, 0.717) is 5.57 Å². The lowest BCUT2D eigenvalue weighted by molar-refractivity contribution is 0.137. The zero-order chi connectivity index (χ0) is 7.86. The van der Waals surface area contributed by atoms with E-state index in [-0.39, 0.29) is 0 Å². The number of nitriles is 1. The first-order valence-electron chi connectivity index (χ1n) is 1.98. The van der Waals surface area contributed by atoms with Crippen molar-refractivity contribution in [1.82, 2.24) is 0 Å². The highest BCUT2D eigenvalue weighted by molar-refractivity contribution is 5.53. The molecule has 0 aromatic heterocycles. The maximum Gasteiger partial charge on any atom is 0.503 e. The van der Waals surface area contributed by atoms with Gasteiger partial charge in [0.05, 0.1) is 6.07 Å². The van der Waals surface area contributed by atoms with Gasteiger partial charge in [-0.2, -0.15) is 5.26 Å². The maximum absolute atomic E-state index is 8.56. The summed E-state index contributed by atoms with van der Waals surface area (Å²) < 4.78 is 0. The summed E-state index contributed by atoms with van der Waals surface area (Å²) in [6.45, 7) is 4.98. The molecule has 9 heavy (non-hydrogen) atoms. The Balaban J connectivity index is 0. The summed E-state index contributed by atoms with van der Waals surface area (Å²) in [6.07, 6.45) is -1.83. The van der Waals surface area contributed by atoms with Crippen LogP contribution in [0.5, 0.6) is 0 Å². The first-order chi connectivity index (χ1) is 4.00. The van der Waals surface area contributed by atoms with Crippen molar-refractivity contribution in [3.63, 3.8) is 0 Å². The number of nitrogens with zero attached hydrogens (tertiary/aromatic N) is 1. The van der Waals surface area contributed by atoms with Gasteiger partial charge in [-0.05, 0) is 6.92 Å². The van der Waals surface area contributed by atoms with Crippen LogP contribution in [0.1, 0.15) is 6.92 Å². The third-order valence-electron chi connectivity index (χ3n) is 0.191. The summed E-state index contributed by atoms with van der Waals surface area (Å²) in [4.78, 5) is 8.56. The Hall–Kier alpha value is -1.50. The Morgan fingerprint density at radius 1 is 1.67 bits per heavy atom. The number of rotatable bonds is 0. The second-order valence-corrected chi connectivity index (χ2v) is 1.17. The van der Waals surface area contributed by atoms with Crippen molar-refractivity contribution >= 4 is 6.16 Å². The summed E-state index contributed by atoms with van der Waals surface area (Å²) in [5.41, 5.74) is 0.560. The topological polar surface area (TPSA) is 81.3 Å². The molecule has 4 nitrogen and oxygen atoms in total. The first kappa shape index (κ1) is 10.5. The zero-order valence-electron chi connectivity index (χ0n) is 4.96. The molecule has 0 aliphatic carbocycles. The van der Waals surface area contributed by atoms with E-state index in [9.17, 15) is 0 Å². The van der Waals surface area contributed by atoms with Gasteiger partial charge < -0.3 is 10.2 Å². The molecule has 0 radical (unpaired) electrons. The van der Waals surface area contributed by atoms with Gasteiger partial charge in [-0.25, -0.2) is 4.79 Å². The summed E-state index contributed by atoms with van der Waals surface area (Å²) in [6, 6.07) is 1.83. The number of hydrogen-bond donors (Lipinski definition) is 2. The molecule has 0 aliphatic heterocycles. The van der Waals surface area contributed by atoms with Gasteiger partial charge in [0.2, 0.25) is 0 Å². The van der Waals surface area contributed by atoms with Gasteiger partial charge >= 0.3 is 6.16 Å². The first-order valence-corrected chi connectivity index (χ1v) is 1.98. The van der Waals surface area contributed by atoms with Crippen LogP contribution in [0.2, 0.25) is 0 Å². The molecule has 0 aliphatic rings. The zero-order valence-corrected chi connectivity index (χ0v) is 4.96. The molecule has 0 spiro atoms. The van der Waals surface area contributed by atoms with Crippen molar-refractivity contribution in [2.45, 2.75) is 6.92 Å². The van der Waals surface area contributed by atoms with E-state index in [4.69, 9.17) is 20.3 Å². The lowest BCUT2D eigenvalue weighted by atomic mass is 10.4. The van der Waals surface area contributed by atoms with Crippen molar-refractivity contribution in [3.8, 4) is 6.07 Å². The number of carbonyl (C=O) groups is 1. The minimum atomic E-state index is -1.83. The van der Waals surface area contributed by atoms with Gasteiger partial charge in [0.1, 0.15) is 0 Å². The van der Waals surface area contributed by atoms with E-state index in [0.717, 1.165) is 0 Å².